The summed E-state index contributed by atoms with van der Waals surface area (Å²) in [6.07, 6.45) is 1.60. The van der Waals surface area contributed by atoms with E-state index in [1.54, 1.807) is 25.3 Å². The van der Waals surface area contributed by atoms with Gasteiger partial charge in [-0.2, -0.15) is 0 Å². The van der Waals surface area contributed by atoms with E-state index in [2.05, 4.69) is 20.9 Å². The molecule has 1 unspecified atom stereocenters. The third-order valence-corrected chi connectivity index (χ3v) is 2.62. The number of amides is 2. The van der Waals surface area contributed by atoms with Crippen molar-refractivity contribution in [2.75, 3.05) is 11.9 Å². The summed E-state index contributed by atoms with van der Waals surface area (Å²) in [7, 11) is 0. The fourth-order valence-electron chi connectivity index (χ4n) is 1.65. The maximum Gasteiger partial charge on any atom is 0.270 e. The molecular weight excluding hydrogens is 268 g/mol. The molecule has 1 atom stereocenters. The third kappa shape index (κ3) is 5.81. The van der Waals surface area contributed by atoms with Crippen molar-refractivity contribution in [3.63, 3.8) is 0 Å². The summed E-state index contributed by atoms with van der Waals surface area (Å²) in [6.45, 7) is 10.1. The van der Waals surface area contributed by atoms with Crippen molar-refractivity contribution >= 4 is 17.5 Å². The number of nitrogens with one attached hydrogen (secondary N) is 3. The first-order chi connectivity index (χ1) is 9.73. The van der Waals surface area contributed by atoms with Gasteiger partial charge in [0.2, 0.25) is 5.91 Å². The number of carbonyl (C=O) groups is 2. The Bertz CT molecular complexity index is 491. The molecule has 0 aromatic carbocycles. The van der Waals surface area contributed by atoms with Crippen LogP contribution in [0.15, 0.2) is 18.3 Å². The lowest BCUT2D eigenvalue weighted by molar-refractivity contribution is -0.124. The van der Waals surface area contributed by atoms with Gasteiger partial charge in [-0.25, -0.2) is 4.98 Å². The number of hydrogen-bond acceptors (Lipinski definition) is 4. The van der Waals surface area contributed by atoms with Crippen LogP contribution in [0.1, 0.15) is 45.1 Å². The van der Waals surface area contributed by atoms with E-state index < -0.39 is 6.04 Å². The molecule has 0 saturated heterocycles. The molecule has 0 aliphatic carbocycles. The van der Waals surface area contributed by atoms with E-state index in [-0.39, 0.29) is 23.0 Å². The highest BCUT2D eigenvalue weighted by Gasteiger charge is 2.21. The monoisotopic (exact) mass is 292 g/mol. The first-order valence-corrected chi connectivity index (χ1v) is 7.05. The number of hydrogen-bond donors (Lipinski definition) is 3. The molecule has 1 aromatic heterocycles. The third-order valence-electron chi connectivity index (χ3n) is 2.62. The number of nitrogens with zero attached hydrogens (tertiary/aromatic N) is 1. The molecule has 116 valence electrons. The van der Waals surface area contributed by atoms with Crippen molar-refractivity contribution in [1.29, 1.82) is 0 Å². The molecule has 0 spiro atoms. The van der Waals surface area contributed by atoms with Crippen LogP contribution in [0.2, 0.25) is 0 Å². The molecule has 0 radical (unpaired) electrons. The summed E-state index contributed by atoms with van der Waals surface area (Å²) in [4.78, 5) is 28.0. The quantitative estimate of drug-likeness (QED) is 0.769. The Kier molecular flexibility index (Phi) is 5.69. The van der Waals surface area contributed by atoms with Crippen molar-refractivity contribution in [3.05, 3.63) is 24.0 Å². The van der Waals surface area contributed by atoms with Crippen molar-refractivity contribution in [2.45, 2.75) is 46.2 Å². The van der Waals surface area contributed by atoms with Gasteiger partial charge in [-0.15, -0.1) is 0 Å². The van der Waals surface area contributed by atoms with E-state index in [1.807, 2.05) is 27.7 Å². The summed E-state index contributed by atoms with van der Waals surface area (Å²) in [6, 6.07) is 2.79. The van der Waals surface area contributed by atoms with Crippen LogP contribution < -0.4 is 16.0 Å². The topological polar surface area (TPSA) is 83.1 Å². The highest BCUT2D eigenvalue weighted by atomic mass is 16.2. The Morgan fingerprint density at radius 2 is 1.95 bits per heavy atom. The van der Waals surface area contributed by atoms with E-state index in [1.165, 1.54) is 0 Å². The normalized spacial score (nSPS) is 12.4. The lowest BCUT2D eigenvalue weighted by Crippen LogP contribution is -2.50. The number of aromatic nitrogens is 1. The van der Waals surface area contributed by atoms with Gasteiger partial charge in [0.05, 0.1) is 11.9 Å². The second-order valence-corrected chi connectivity index (χ2v) is 5.90. The first kappa shape index (κ1) is 16.9. The van der Waals surface area contributed by atoms with Crippen molar-refractivity contribution in [2.24, 2.45) is 0 Å². The minimum Gasteiger partial charge on any atom is -0.384 e. The van der Waals surface area contributed by atoms with E-state index in [0.29, 0.717) is 0 Å². The standard InChI is InChI=1S/C15H24N4O2/c1-6-16-11-7-8-12(17-9-11)14(21)18-10(2)13(20)19-15(3,4)5/h7-10,16H,6H2,1-5H3,(H,18,21)(H,19,20). The van der Waals surface area contributed by atoms with Gasteiger partial charge in [0.1, 0.15) is 11.7 Å². The molecule has 0 bridgehead atoms. The molecule has 1 heterocycles. The fourth-order valence-corrected chi connectivity index (χ4v) is 1.65. The predicted octanol–water partition coefficient (Wildman–Crippen LogP) is 1.55. The average Bonchev–Trinajstić information content (AvgIpc) is 2.37. The smallest absolute Gasteiger partial charge is 0.270 e. The van der Waals surface area contributed by atoms with Gasteiger partial charge in [-0.1, -0.05) is 0 Å². The zero-order chi connectivity index (χ0) is 16.0. The van der Waals surface area contributed by atoms with E-state index in [4.69, 9.17) is 0 Å². The summed E-state index contributed by atoms with van der Waals surface area (Å²) >= 11 is 0. The van der Waals surface area contributed by atoms with Crippen molar-refractivity contribution < 1.29 is 9.59 Å². The number of carbonyl (C=O) groups excluding carboxylic acids is 2. The van der Waals surface area contributed by atoms with Gasteiger partial charge in [0.25, 0.3) is 5.91 Å². The lowest BCUT2D eigenvalue weighted by atomic mass is 10.1. The van der Waals surface area contributed by atoms with Gasteiger partial charge in [0.15, 0.2) is 0 Å². The Hall–Kier alpha value is -2.11. The average molecular weight is 292 g/mol. The van der Waals surface area contributed by atoms with Crippen LogP contribution in [0.25, 0.3) is 0 Å². The van der Waals surface area contributed by atoms with Crippen LogP contribution >= 0.6 is 0 Å². The molecule has 2 amide bonds. The van der Waals surface area contributed by atoms with Crippen LogP contribution in [0.4, 0.5) is 5.69 Å². The molecule has 0 fully saturated rings. The Labute approximate surface area is 125 Å². The largest absolute Gasteiger partial charge is 0.384 e. The molecule has 1 rings (SSSR count). The summed E-state index contributed by atoms with van der Waals surface area (Å²) in [5, 5.41) is 8.55. The van der Waals surface area contributed by atoms with E-state index >= 15 is 0 Å². The van der Waals surface area contributed by atoms with Gasteiger partial charge in [-0.3, -0.25) is 9.59 Å². The highest BCUT2D eigenvalue weighted by molar-refractivity contribution is 5.96. The molecule has 0 aliphatic heterocycles. The Balaban J connectivity index is 2.61. The predicted molar refractivity (Wildman–Crippen MR) is 83.2 cm³/mol. The Morgan fingerprint density at radius 3 is 2.43 bits per heavy atom. The van der Waals surface area contributed by atoms with Crippen LogP contribution in [0.5, 0.6) is 0 Å². The van der Waals surface area contributed by atoms with E-state index in [0.717, 1.165) is 12.2 Å². The fraction of sp³-hybridized carbons (Fsp3) is 0.533. The minimum absolute atomic E-state index is 0.222. The molecule has 3 N–H and O–H groups in total. The van der Waals surface area contributed by atoms with Gasteiger partial charge >= 0.3 is 0 Å². The molecule has 6 heteroatoms. The Morgan fingerprint density at radius 1 is 1.29 bits per heavy atom. The number of anilines is 1. The summed E-state index contributed by atoms with van der Waals surface area (Å²) in [5.41, 5.74) is 0.807. The van der Waals surface area contributed by atoms with Gasteiger partial charge in [-0.05, 0) is 46.8 Å². The highest BCUT2D eigenvalue weighted by Crippen LogP contribution is 2.06. The first-order valence-electron chi connectivity index (χ1n) is 7.05. The molecule has 1 aromatic rings. The zero-order valence-electron chi connectivity index (χ0n) is 13.3. The summed E-state index contributed by atoms with van der Waals surface area (Å²) < 4.78 is 0. The number of rotatable bonds is 5. The second-order valence-electron chi connectivity index (χ2n) is 5.90. The molecular formula is C15H24N4O2. The van der Waals surface area contributed by atoms with Crippen LogP contribution in [-0.4, -0.2) is 34.9 Å². The van der Waals surface area contributed by atoms with Gasteiger partial charge < -0.3 is 16.0 Å². The van der Waals surface area contributed by atoms with Crippen LogP contribution in [0, 0.1) is 0 Å². The lowest BCUT2D eigenvalue weighted by Gasteiger charge is -2.23. The summed E-state index contributed by atoms with van der Waals surface area (Å²) in [5.74, 6) is -0.588. The van der Waals surface area contributed by atoms with Gasteiger partial charge in [0, 0.05) is 12.1 Å². The second kappa shape index (κ2) is 7.06. The molecule has 0 saturated carbocycles. The van der Waals surface area contributed by atoms with Crippen molar-refractivity contribution in [3.8, 4) is 0 Å². The molecule has 21 heavy (non-hydrogen) atoms. The van der Waals surface area contributed by atoms with E-state index in [9.17, 15) is 9.59 Å². The molecule has 6 nitrogen and oxygen atoms in total. The number of pyridine rings is 1. The minimum atomic E-state index is -0.619. The molecule has 0 aliphatic rings. The maximum atomic E-state index is 12.0. The van der Waals surface area contributed by atoms with Crippen molar-refractivity contribution in [1.82, 2.24) is 15.6 Å². The maximum absolute atomic E-state index is 12.0. The zero-order valence-corrected chi connectivity index (χ0v) is 13.3. The van der Waals surface area contributed by atoms with Crippen LogP contribution in [0.3, 0.4) is 0 Å². The SMILES string of the molecule is CCNc1ccc(C(=O)NC(C)C(=O)NC(C)(C)C)nc1. The van der Waals surface area contributed by atoms with Crippen LogP contribution in [-0.2, 0) is 4.79 Å².